The third kappa shape index (κ3) is 2.04. The maximum Gasteiger partial charge on any atom is 0.307 e. The quantitative estimate of drug-likeness (QED) is 0.739. The Morgan fingerprint density at radius 1 is 1.31 bits per heavy atom. The Bertz CT molecular complexity index is 317. The zero-order chi connectivity index (χ0) is 11.9. The highest BCUT2D eigenvalue weighted by atomic mass is 16.5. The number of carboxylic acids is 1. The van der Waals surface area contributed by atoms with Crippen molar-refractivity contribution in [2.45, 2.75) is 32.4 Å². The third-order valence-corrected chi connectivity index (χ3v) is 3.32. The van der Waals surface area contributed by atoms with Crippen molar-refractivity contribution in [3.63, 3.8) is 0 Å². The van der Waals surface area contributed by atoms with Gasteiger partial charge in [-0.3, -0.25) is 9.59 Å². The largest absolute Gasteiger partial charge is 0.481 e. The zero-order valence-corrected chi connectivity index (χ0v) is 9.55. The standard InChI is InChI=1S/C11H17NO4/c1-6-5-16-7(2)4-12(6)10(13)8-3-9(8)11(14)15/h6-9H,3-5H2,1-2H3,(H,14,15)/t6?,7?,8-,9+/m1/s1. The molecule has 2 aliphatic rings. The molecule has 2 fully saturated rings. The van der Waals surface area contributed by atoms with Gasteiger partial charge in [-0.25, -0.2) is 0 Å². The molecule has 1 saturated carbocycles. The van der Waals surface area contributed by atoms with Crippen LogP contribution in [-0.4, -0.2) is 47.2 Å². The molecule has 0 radical (unpaired) electrons. The van der Waals surface area contributed by atoms with Crippen molar-refractivity contribution < 1.29 is 19.4 Å². The van der Waals surface area contributed by atoms with Crippen LogP contribution in [0.25, 0.3) is 0 Å². The second kappa shape index (κ2) is 4.05. The molecule has 16 heavy (non-hydrogen) atoms. The molecular formula is C11H17NO4. The predicted octanol–water partition coefficient (Wildman–Crippen LogP) is 0.343. The zero-order valence-electron chi connectivity index (χ0n) is 9.55. The highest BCUT2D eigenvalue weighted by molar-refractivity contribution is 5.89. The number of hydrogen-bond donors (Lipinski definition) is 1. The molecule has 1 aliphatic heterocycles. The molecule has 90 valence electrons. The Labute approximate surface area is 94.4 Å². The van der Waals surface area contributed by atoms with E-state index in [1.165, 1.54) is 0 Å². The summed E-state index contributed by atoms with van der Waals surface area (Å²) < 4.78 is 5.43. The number of carboxylic acid groups (broad SMARTS) is 1. The topological polar surface area (TPSA) is 66.8 Å². The SMILES string of the molecule is CC1CN(C(=O)[C@@H]2C[C@@H]2C(=O)O)C(C)CO1. The summed E-state index contributed by atoms with van der Waals surface area (Å²) >= 11 is 0. The maximum absolute atomic E-state index is 12.0. The molecule has 0 aromatic rings. The first-order valence-electron chi connectivity index (χ1n) is 5.65. The van der Waals surface area contributed by atoms with Crippen molar-refractivity contribution in [2.75, 3.05) is 13.2 Å². The number of carbonyl (C=O) groups is 2. The average molecular weight is 227 g/mol. The number of amides is 1. The van der Waals surface area contributed by atoms with E-state index in [4.69, 9.17) is 9.84 Å². The first-order valence-corrected chi connectivity index (χ1v) is 5.65. The minimum Gasteiger partial charge on any atom is -0.481 e. The molecular weight excluding hydrogens is 210 g/mol. The summed E-state index contributed by atoms with van der Waals surface area (Å²) in [7, 11) is 0. The van der Waals surface area contributed by atoms with Crippen molar-refractivity contribution in [3.8, 4) is 0 Å². The van der Waals surface area contributed by atoms with Gasteiger partial charge in [0.25, 0.3) is 0 Å². The highest BCUT2D eigenvalue weighted by Gasteiger charge is 2.50. The first-order chi connectivity index (χ1) is 7.50. The van der Waals surface area contributed by atoms with Gasteiger partial charge in [-0.05, 0) is 20.3 Å². The van der Waals surface area contributed by atoms with E-state index in [9.17, 15) is 9.59 Å². The van der Waals surface area contributed by atoms with Gasteiger partial charge in [0.15, 0.2) is 0 Å². The second-order valence-electron chi connectivity index (χ2n) is 4.77. The molecule has 1 heterocycles. The minimum atomic E-state index is -0.854. The summed E-state index contributed by atoms with van der Waals surface area (Å²) in [6.45, 7) is 4.97. The second-order valence-corrected chi connectivity index (χ2v) is 4.77. The van der Waals surface area contributed by atoms with E-state index in [0.29, 0.717) is 19.6 Å². The third-order valence-electron chi connectivity index (χ3n) is 3.32. The van der Waals surface area contributed by atoms with Crippen LogP contribution in [0, 0.1) is 11.8 Å². The van der Waals surface area contributed by atoms with Gasteiger partial charge < -0.3 is 14.7 Å². The fourth-order valence-corrected chi connectivity index (χ4v) is 2.16. The van der Waals surface area contributed by atoms with Crippen molar-refractivity contribution >= 4 is 11.9 Å². The number of nitrogens with zero attached hydrogens (tertiary/aromatic N) is 1. The van der Waals surface area contributed by atoms with E-state index in [-0.39, 0.29) is 24.0 Å². The molecule has 1 N–H and O–H groups in total. The molecule has 2 unspecified atom stereocenters. The van der Waals surface area contributed by atoms with Crippen LogP contribution >= 0.6 is 0 Å². The molecule has 2 rings (SSSR count). The van der Waals surface area contributed by atoms with Gasteiger partial charge in [-0.15, -0.1) is 0 Å². The van der Waals surface area contributed by atoms with E-state index in [1.807, 2.05) is 13.8 Å². The summed E-state index contributed by atoms with van der Waals surface area (Å²) in [4.78, 5) is 24.5. The molecule has 1 amide bonds. The van der Waals surface area contributed by atoms with Gasteiger partial charge in [-0.1, -0.05) is 0 Å². The van der Waals surface area contributed by atoms with E-state index in [2.05, 4.69) is 0 Å². The minimum absolute atomic E-state index is 0.0185. The van der Waals surface area contributed by atoms with Crippen molar-refractivity contribution in [2.24, 2.45) is 11.8 Å². The summed E-state index contributed by atoms with van der Waals surface area (Å²) in [6.07, 6.45) is 0.536. The Balaban J connectivity index is 1.96. The maximum atomic E-state index is 12.0. The van der Waals surface area contributed by atoms with Crippen molar-refractivity contribution in [1.29, 1.82) is 0 Å². The van der Waals surface area contributed by atoms with Gasteiger partial charge in [0.1, 0.15) is 0 Å². The van der Waals surface area contributed by atoms with Crippen LogP contribution in [0.1, 0.15) is 20.3 Å². The molecule has 5 heteroatoms. The summed E-state index contributed by atoms with van der Waals surface area (Å²) in [5, 5.41) is 8.79. The number of aliphatic carboxylic acids is 1. The molecule has 0 aromatic carbocycles. The van der Waals surface area contributed by atoms with Crippen LogP contribution in [-0.2, 0) is 14.3 Å². The van der Waals surface area contributed by atoms with Crippen LogP contribution in [0.15, 0.2) is 0 Å². The average Bonchev–Trinajstić information content (AvgIpc) is 3.00. The van der Waals surface area contributed by atoms with Gasteiger partial charge in [-0.2, -0.15) is 0 Å². The smallest absolute Gasteiger partial charge is 0.307 e. The molecule has 0 aromatic heterocycles. The van der Waals surface area contributed by atoms with Crippen LogP contribution in [0.5, 0.6) is 0 Å². The number of morpholine rings is 1. The lowest BCUT2D eigenvalue weighted by molar-refractivity contribution is -0.148. The van der Waals surface area contributed by atoms with Gasteiger partial charge in [0.05, 0.1) is 30.6 Å². The first kappa shape index (κ1) is 11.4. The lowest BCUT2D eigenvalue weighted by atomic mass is 10.1. The predicted molar refractivity (Wildman–Crippen MR) is 55.8 cm³/mol. The van der Waals surface area contributed by atoms with E-state index in [1.54, 1.807) is 4.90 Å². The monoisotopic (exact) mass is 227 g/mol. The molecule has 1 saturated heterocycles. The van der Waals surface area contributed by atoms with Crippen LogP contribution < -0.4 is 0 Å². The van der Waals surface area contributed by atoms with Crippen molar-refractivity contribution in [1.82, 2.24) is 4.90 Å². The molecule has 1 aliphatic carbocycles. The molecule has 0 spiro atoms. The van der Waals surface area contributed by atoms with Gasteiger partial charge in [0.2, 0.25) is 5.91 Å². The normalized spacial score (nSPS) is 38.2. The number of ether oxygens (including phenoxy) is 1. The highest BCUT2D eigenvalue weighted by Crippen LogP contribution is 2.40. The molecule has 5 nitrogen and oxygen atoms in total. The van der Waals surface area contributed by atoms with E-state index >= 15 is 0 Å². The van der Waals surface area contributed by atoms with Crippen LogP contribution in [0.4, 0.5) is 0 Å². The Morgan fingerprint density at radius 2 is 2.00 bits per heavy atom. The lowest BCUT2D eigenvalue weighted by Gasteiger charge is -2.37. The fraction of sp³-hybridized carbons (Fsp3) is 0.818. The van der Waals surface area contributed by atoms with E-state index < -0.39 is 11.9 Å². The van der Waals surface area contributed by atoms with Crippen LogP contribution in [0.2, 0.25) is 0 Å². The lowest BCUT2D eigenvalue weighted by Crippen LogP contribution is -2.51. The van der Waals surface area contributed by atoms with Gasteiger partial charge >= 0.3 is 5.97 Å². The Hall–Kier alpha value is -1.10. The Morgan fingerprint density at radius 3 is 2.56 bits per heavy atom. The van der Waals surface area contributed by atoms with Crippen LogP contribution in [0.3, 0.4) is 0 Å². The Kier molecular flexibility index (Phi) is 2.88. The summed E-state index contributed by atoms with van der Waals surface area (Å²) in [6, 6.07) is 0.0544. The molecule has 0 bridgehead atoms. The van der Waals surface area contributed by atoms with Gasteiger partial charge in [0, 0.05) is 6.54 Å². The summed E-state index contributed by atoms with van der Waals surface area (Å²) in [5.74, 6) is -1.63. The summed E-state index contributed by atoms with van der Waals surface area (Å²) in [5.41, 5.74) is 0. The molecule has 4 atom stereocenters. The number of carbonyl (C=O) groups excluding carboxylic acids is 1. The number of hydrogen-bond acceptors (Lipinski definition) is 3. The van der Waals surface area contributed by atoms with E-state index in [0.717, 1.165) is 0 Å². The number of rotatable bonds is 2. The van der Waals surface area contributed by atoms with Crippen molar-refractivity contribution in [3.05, 3.63) is 0 Å². The fourth-order valence-electron chi connectivity index (χ4n) is 2.16.